The first-order valence-corrected chi connectivity index (χ1v) is 4.60. The molecule has 2 aromatic heterocycles. The van der Waals surface area contributed by atoms with E-state index in [1.165, 1.54) is 0 Å². The Labute approximate surface area is 96.5 Å². The molecule has 0 unspecified atom stereocenters. The van der Waals surface area contributed by atoms with Gasteiger partial charge in [0.05, 0.1) is 11.7 Å². The van der Waals surface area contributed by atoms with Crippen LogP contribution >= 0.6 is 0 Å². The van der Waals surface area contributed by atoms with Crippen LogP contribution < -0.4 is 0 Å². The van der Waals surface area contributed by atoms with Crippen molar-refractivity contribution in [1.82, 2.24) is 9.38 Å². The van der Waals surface area contributed by atoms with Crippen LogP contribution in [-0.2, 0) is 9.59 Å². The van der Waals surface area contributed by atoms with Gasteiger partial charge in [-0.25, -0.2) is 9.59 Å². The van der Waals surface area contributed by atoms with Crippen LogP contribution in [0.15, 0.2) is 49.1 Å². The molecule has 2 rings (SSSR count). The van der Waals surface area contributed by atoms with Crippen LogP contribution in [0, 0.1) is 0 Å². The highest BCUT2D eigenvalue weighted by Crippen LogP contribution is 1.98. The zero-order valence-electron chi connectivity index (χ0n) is 8.72. The van der Waals surface area contributed by atoms with Gasteiger partial charge in [-0.05, 0) is 12.1 Å². The highest BCUT2D eigenvalue weighted by atomic mass is 16.4. The molecule has 6 heteroatoms. The third-order valence-electron chi connectivity index (χ3n) is 1.70. The lowest BCUT2D eigenvalue weighted by atomic mass is 10.5. The Bertz CT molecular complexity index is 499. The lowest BCUT2D eigenvalue weighted by molar-refractivity contribution is -0.134. The van der Waals surface area contributed by atoms with Gasteiger partial charge in [0.1, 0.15) is 0 Å². The van der Waals surface area contributed by atoms with Gasteiger partial charge in [-0.2, -0.15) is 0 Å². The second-order valence-electron chi connectivity index (χ2n) is 2.93. The molecule has 0 saturated carbocycles. The average Bonchev–Trinajstić information content (AvgIpc) is 2.75. The number of fused-ring (bicyclic) bond motifs is 1. The quantitative estimate of drug-likeness (QED) is 0.757. The van der Waals surface area contributed by atoms with Crippen LogP contribution in [0.25, 0.3) is 5.52 Å². The second-order valence-corrected chi connectivity index (χ2v) is 2.93. The fourth-order valence-corrected chi connectivity index (χ4v) is 1.02. The number of nitrogens with zero attached hydrogens (tertiary/aromatic N) is 2. The highest BCUT2D eigenvalue weighted by Gasteiger charge is 1.88. The molecule has 0 aliphatic carbocycles. The third kappa shape index (κ3) is 4.61. The van der Waals surface area contributed by atoms with E-state index in [2.05, 4.69) is 4.98 Å². The van der Waals surface area contributed by atoms with Crippen LogP contribution in [0.3, 0.4) is 0 Å². The summed E-state index contributed by atoms with van der Waals surface area (Å²) in [6.45, 7) is 0. The summed E-state index contributed by atoms with van der Waals surface area (Å²) >= 11 is 0. The fraction of sp³-hybridized carbons (Fsp3) is 0. The molecule has 0 spiro atoms. The Balaban J connectivity index is 0.000000172. The first-order valence-electron chi connectivity index (χ1n) is 4.60. The maximum absolute atomic E-state index is 9.55. The van der Waals surface area contributed by atoms with E-state index in [4.69, 9.17) is 10.2 Å². The molecule has 0 amide bonds. The molecule has 2 aromatic rings. The van der Waals surface area contributed by atoms with Gasteiger partial charge in [0, 0.05) is 30.7 Å². The molecule has 0 atom stereocenters. The van der Waals surface area contributed by atoms with Crippen molar-refractivity contribution in [2.45, 2.75) is 0 Å². The molecule has 88 valence electrons. The summed E-state index contributed by atoms with van der Waals surface area (Å²) < 4.78 is 2.02. The fourth-order valence-electron chi connectivity index (χ4n) is 1.02. The number of carboxylic acids is 2. The number of rotatable bonds is 2. The van der Waals surface area contributed by atoms with Gasteiger partial charge in [-0.15, -0.1) is 0 Å². The molecule has 0 bridgehead atoms. The molecule has 0 aliphatic rings. The molecule has 0 aliphatic heterocycles. The zero-order valence-corrected chi connectivity index (χ0v) is 8.72. The zero-order chi connectivity index (χ0) is 12.7. The van der Waals surface area contributed by atoms with Crippen LogP contribution in [0.1, 0.15) is 0 Å². The second kappa shape index (κ2) is 6.06. The summed E-state index contributed by atoms with van der Waals surface area (Å²) in [6.07, 6.45) is 8.64. The Morgan fingerprint density at radius 2 is 1.82 bits per heavy atom. The van der Waals surface area contributed by atoms with E-state index in [0.29, 0.717) is 12.2 Å². The van der Waals surface area contributed by atoms with Crippen molar-refractivity contribution >= 4 is 17.5 Å². The Hall–Kier alpha value is -2.63. The lowest BCUT2D eigenvalue weighted by Crippen LogP contribution is -1.91. The molecular weight excluding hydrogens is 224 g/mol. The monoisotopic (exact) mass is 234 g/mol. The SMILES string of the molecule is O=C(O)/C=C/C(=O)O.c1cc2cnccn2c1. The van der Waals surface area contributed by atoms with Crippen LogP contribution in [-0.4, -0.2) is 31.5 Å². The molecule has 0 saturated heterocycles. The summed E-state index contributed by atoms with van der Waals surface area (Å²) in [6, 6.07) is 4.02. The van der Waals surface area contributed by atoms with Gasteiger partial charge in [0.15, 0.2) is 0 Å². The number of aliphatic carboxylic acids is 2. The van der Waals surface area contributed by atoms with Crippen molar-refractivity contribution in [2.24, 2.45) is 0 Å². The number of hydrogen-bond acceptors (Lipinski definition) is 3. The minimum atomic E-state index is -1.26. The van der Waals surface area contributed by atoms with Crippen LogP contribution in [0.5, 0.6) is 0 Å². The highest BCUT2D eigenvalue weighted by molar-refractivity contribution is 5.89. The van der Waals surface area contributed by atoms with Gasteiger partial charge >= 0.3 is 11.9 Å². The number of aromatic nitrogens is 2. The van der Waals surface area contributed by atoms with E-state index < -0.39 is 11.9 Å². The molecular formula is C11H10N2O4. The van der Waals surface area contributed by atoms with Crippen molar-refractivity contribution in [3.05, 3.63) is 49.1 Å². The molecule has 0 fully saturated rings. The summed E-state index contributed by atoms with van der Waals surface area (Å²) in [5.41, 5.74) is 1.14. The molecule has 0 aromatic carbocycles. The van der Waals surface area contributed by atoms with E-state index in [-0.39, 0.29) is 0 Å². The lowest BCUT2D eigenvalue weighted by Gasteiger charge is -1.87. The normalized spacial score (nSPS) is 9.88. The van der Waals surface area contributed by atoms with Crippen molar-refractivity contribution in [3.63, 3.8) is 0 Å². The molecule has 17 heavy (non-hydrogen) atoms. The van der Waals surface area contributed by atoms with Crippen molar-refractivity contribution < 1.29 is 19.8 Å². The van der Waals surface area contributed by atoms with Crippen molar-refractivity contribution in [2.75, 3.05) is 0 Å². The van der Waals surface area contributed by atoms with Gasteiger partial charge in [-0.3, -0.25) is 4.98 Å². The first kappa shape index (κ1) is 12.4. The van der Waals surface area contributed by atoms with E-state index in [1.54, 1.807) is 6.20 Å². The smallest absolute Gasteiger partial charge is 0.328 e. The number of hydrogen-bond donors (Lipinski definition) is 2. The van der Waals surface area contributed by atoms with E-state index >= 15 is 0 Å². The molecule has 2 N–H and O–H groups in total. The maximum Gasteiger partial charge on any atom is 0.328 e. The van der Waals surface area contributed by atoms with Crippen LogP contribution in [0.2, 0.25) is 0 Å². The van der Waals surface area contributed by atoms with Crippen molar-refractivity contribution in [3.8, 4) is 0 Å². The third-order valence-corrected chi connectivity index (χ3v) is 1.70. The van der Waals surface area contributed by atoms with E-state index in [0.717, 1.165) is 5.52 Å². The van der Waals surface area contributed by atoms with Gasteiger partial charge in [-0.1, -0.05) is 0 Å². The average molecular weight is 234 g/mol. The first-order chi connectivity index (χ1) is 8.09. The van der Waals surface area contributed by atoms with Crippen molar-refractivity contribution in [1.29, 1.82) is 0 Å². The Morgan fingerprint density at radius 1 is 1.18 bits per heavy atom. The van der Waals surface area contributed by atoms with E-state index in [9.17, 15) is 9.59 Å². The summed E-state index contributed by atoms with van der Waals surface area (Å²) in [5.74, 6) is -2.51. The minimum Gasteiger partial charge on any atom is -0.478 e. The Kier molecular flexibility index (Phi) is 4.44. The number of carbonyl (C=O) groups is 2. The van der Waals surface area contributed by atoms with Crippen LogP contribution in [0.4, 0.5) is 0 Å². The topological polar surface area (TPSA) is 91.9 Å². The molecule has 2 heterocycles. The summed E-state index contributed by atoms with van der Waals surface area (Å²) in [5, 5.41) is 15.6. The predicted octanol–water partition coefficient (Wildman–Crippen LogP) is 1.05. The molecule has 6 nitrogen and oxygen atoms in total. The van der Waals surface area contributed by atoms with Gasteiger partial charge in [0.2, 0.25) is 0 Å². The summed E-state index contributed by atoms with van der Waals surface area (Å²) in [7, 11) is 0. The molecule has 0 radical (unpaired) electrons. The predicted molar refractivity (Wildman–Crippen MR) is 59.6 cm³/mol. The van der Waals surface area contributed by atoms with Gasteiger partial charge < -0.3 is 14.6 Å². The van der Waals surface area contributed by atoms with Gasteiger partial charge in [0.25, 0.3) is 0 Å². The maximum atomic E-state index is 9.55. The number of carboxylic acid groups (broad SMARTS) is 2. The largest absolute Gasteiger partial charge is 0.478 e. The van der Waals surface area contributed by atoms with E-state index in [1.807, 2.05) is 35.1 Å². The Morgan fingerprint density at radius 3 is 2.35 bits per heavy atom. The minimum absolute atomic E-state index is 0.558. The standard InChI is InChI=1S/C7H6N2.C4H4O4/c1-2-7-6-8-3-5-9(7)4-1;5-3(6)1-2-4(7)8/h1-6H;1-2H,(H,5,6)(H,7,8)/b;2-1+. The summed E-state index contributed by atoms with van der Waals surface area (Å²) in [4.78, 5) is 23.1.